The summed E-state index contributed by atoms with van der Waals surface area (Å²) in [6.45, 7) is 6.18. The van der Waals surface area contributed by atoms with Gasteiger partial charge in [-0.15, -0.1) is 0 Å². The maximum absolute atomic E-state index is 11.8. The number of carbonyl (C=O) groups is 1. The van der Waals surface area contributed by atoms with Crippen LogP contribution in [0.4, 0.5) is 0 Å². The van der Waals surface area contributed by atoms with Gasteiger partial charge in [-0.2, -0.15) is 0 Å². The van der Waals surface area contributed by atoms with E-state index in [1.165, 1.54) is 64.5 Å². The predicted octanol–water partition coefficient (Wildman–Crippen LogP) is 2.29. The first-order chi connectivity index (χ1) is 10.3. The third-order valence-electron chi connectivity index (χ3n) is 5.00. The molecule has 2 rings (SSSR count). The number of carbonyl (C=O) groups excluding carboxylic acids is 1. The molecule has 2 aliphatic rings. The summed E-state index contributed by atoms with van der Waals surface area (Å²) in [6.07, 6.45) is 11.4. The van der Waals surface area contributed by atoms with E-state index in [-0.39, 0.29) is 5.91 Å². The molecule has 1 saturated heterocycles. The second kappa shape index (κ2) is 9.42. The maximum Gasteiger partial charge on any atom is 0.234 e. The second-order valence-corrected chi connectivity index (χ2v) is 6.81. The Morgan fingerprint density at radius 1 is 1.10 bits per heavy atom. The molecule has 0 aromatic rings. The van der Waals surface area contributed by atoms with Crippen molar-refractivity contribution in [2.24, 2.45) is 0 Å². The molecule has 0 spiro atoms. The summed E-state index contributed by atoms with van der Waals surface area (Å²) in [5, 5.41) is 6.44. The van der Waals surface area contributed by atoms with Crippen molar-refractivity contribution in [2.75, 3.05) is 26.2 Å². The SMILES string of the molecule is CC1CCCCN1CCCNCC(=O)NC1CCCCC1. The van der Waals surface area contributed by atoms with Crippen molar-refractivity contribution in [2.45, 2.75) is 76.8 Å². The van der Waals surface area contributed by atoms with E-state index < -0.39 is 0 Å². The molecule has 0 radical (unpaired) electrons. The molecule has 0 bridgehead atoms. The summed E-state index contributed by atoms with van der Waals surface area (Å²) < 4.78 is 0. The van der Waals surface area contributed by atoms with Gasteiger partial charge in [-0.05, 0) is 58.7 Å². The fraction of sp³-hybridized carbons (Fsp3) is 0.941. The highest BCUT2D eigenvalue weighted by molar-refractivity contribution is 5.78. The zero-order valence-corrected chi connectivity index (χ0v) is 13.7. The van der Waals surface area contributed by atoms with E-state index in [2.05, 4.69) is 22.5 Å². The van der Waals surface area contributed by atoms with Crippen molar-refractivity contribution < 1.29 is 4.79 Å². The topological polar surface area (TPSA) is 44.4 Å². The highest BCUT2D eigenvalue weighted by Crippen LogP contribution is 2.17. The van der Waals surface area contributed by atoms with Gasteiger partial charge in [0.1, 0.15) is 0 Å². The zero-order valence-electron chi connectivity index (χ0n) is 13.7. The van der Waals surface area contributed by atoms with Crippen molar-refractivity contribution in [1.82, 2.24) is 15.5 Å². The van der Waals surface area contributed by atoms with E-state index in [0.29, 0.717) is 12.6 Å². The lowest BCUT2D eigenvalue weighted by Crippen LogP contribution is -2.42. The smallest absolute Gasteiger partial charge is 0.234 e. The normalized spacial score (nSPS) is 24.9. The first-order valence-corrected chi connectivity index (χ1v) is 9.00. The van der Waals surface area contributed by atoms with Crippen LogP contribution in [0.25, 0.3) is 0 Å². The van der Waals surface area contributed by atoms with Gasteiger partial charge in [-0.3, -0.25) is 4.79 Å². The molecule has 1 unspecified atom stereocenters. The fourth-order valence-corrected chi connectivity index (χ4v) is 3.62. The third-order valence-corrected chi connectivity index (χ3v) is 5.00. The number of amides is 1. The Bertz CT molecular complexity index is 302. The number of likely N-dealkylation sites (tertiary alicyclic amines) is 1. The Kier molecular flexibility index (Phi) is 7.51. The van der Waals surface area contributed by atoms with Crippen LogP contribution in [0.15, 0.2) is 0 Å². The summed E-state index contributed by atoms with van der Waals surface area (Å²) in [6, 6.07) is 1.18. The molecule has 4 nitrogen and oxygen atoms in total. The van der Waals surface area contributed by atoms with E-state index in [9.17, 15) is 4.79 Å². The number of rotatable bonds is 7. The Hall–Kier alpha value is -0.610. The first kappa shape index (κ1) is 16.8. The summed E-state index contributed by atoms with van der Waals surface area (Å²) in [7, 11) is 0. The minimum atomic E-state index is 0.174. The summed E-state index contributed by atoms with van der Waals surface area (Å²) in [4.78, 5) is 14.4. The van der Waals surface area contributed by atoms with Crippen molar-refractivity contribution >= 4 is 5.91 Å². The Morgan fingerprint density at radius 2 is 1.86 bits per heavy atom. The van der Waals surface area contributed by atoms with Gasteiger partial charge in [0.15, 0.2) is 0 Å². The lowest BCUT2D eigenvalue weighted by atomic mass is 9.95. The zero-order chi connectivity index (χ0) is 14.9. The lowest BCUT2D eigenvalue weighted by Gasteiger charge is -2.33. The molecule has 2 fully saturated rings. The van der Waals surface area contributed by atoms with Crippen molar-refractivity contribution in [3.05, 3.63) is 0 Å². The van der Waals surface area contributed by atoms with Crippen LogP contribution in [-0.4, -0.2) is 49.1 Å². The summed E-state index contributed by atoms with van der Waals surface area (Å²) >= 11 is 0. The van der Waals surface area contributed by atoms with Gasteiger partial charge in [-0.1, -0.05) is 25.7 Å². The number of piperidine rings is 1. The molecular weight excluding hydrogens is 262 g/mol. The molecule has 1 amide bonds. The molecule has 1 heterocycles. The molecule has 122 valence electrons. The van der Waals surface area contributed by atoms with Crippen LogP contribution in [0.3, 0.4) is 0 Å². The van der Waals surface area contributed by atoms with Crippen LogP contribution in [0, 0.1) is 0 Å². The van der Waals surface area contributed by atoms with Crippen LogP contribution in [-0.2, 0) is 4.79 Å². The Labute approximate surface area is 130 Å². The van der Waals surface area contributed by atoms with E-state index in [1.54, 1.807) is 0 Å². The van der Waals surface area contributed by atoms with Crippen LogP contribution in [0.5, 0.6) is 0 Å². The molecular formula is C17H33N3O. The van der Waals surface area contributed by atoms with E-state index in [0.717, 1.165) is 19.0 Å². The van der Waals surface area contributed by atoms with Crippen LogP contribution in [0.2, 0.25) is 0 Å². The fourth-order valence-electron chi connectivity index (χ4n) is 3.62. The largest absolute Gasteiger partial charge is 0.352 e. The minimum absolute atomic E-state index is 0.174. The average Bonchev–Trinajstić information content (AvgIpc) is 2.50. The van der Waals surface area contributed by atoms with Gasteiger partial charge in [-0.25, -0.2) is 0 Å². The van der Waals surface area contributed by atoms with Gasteiger partial charge < -0.3 is 15.5 Å². The Morgan fingerprint density at radius 3 is 2.62 bits per heavy atom. The Balaban J connectivity index is 1.48. The van der Waals surface area contributed by atoms with Gasteiger partial charge in [0.25, 0.3) is 0 Å². The van der Waals surface area contributed by atoms with Gasteiger partial charge in [0.2, 0.25) is 5.91 Å². The monoisotopic (exact) mass is 295 g/mol. The quantitative estimate of drug-likeness (QED) is 0.708. The van der Waals surface area contributed by atoms with E-state index >= 15 is 0 Å². The highest BCUT2D eigenvalue weighted by Gasteiger charge is 2.17. The van der Waals surface area contributed by atoms with Crippen LogP contribution in [0.1, 0.15) is 64.7 Å². The molecule has 1 atom stereocenters. The van der Waals surface area contributed by atoms with Crippen LogP contribution >= 0.6 is 0 Å². The number of nitrogens with one attached hydrogen (secondary N) is 2. The number of hydrogen-bond donors (Lipinski definition) is 2. The lowest BCUT2D eigenvalue weighted by molar-refractivity contribution is -0.121. The first-order valence-electron chi connectivity index (χ1n) is 9.00. The molecule has 1 saturated carbocycles. The molecule has 4 heteroatoms. The number of hydrogen-bond acceptors (Lipinski definition) is 3. The van der Waals surface area contributed by atoms with Gasteiger partial charge in [0.05, 0.1) is 6.54 Å². The van der Waals surface area contributed by atoms with E-state index in [1.807, 2.05) is 0 Å². The predicted molar refractivity (Wildman–Crippen MR) is 87.4 cm³/mol. The molecule has 2 N–H and O–H groups in total. The molecule has 21 heavy (non-hydrogen) atoms. The van der Waals surface area contributed by atoms with Gasteiger partial charge >= 0.3 is 0 Å². The molecule has 1 aliphatic heterocycles. The molecule has 0 aromatic heterocycles. The third kappa shape index (κ3) is 6.35. The number of nitrogens with zero attached hydrogens (tertiary/aromatic N) is 1. The van der Waals surface area contributed by atoms with Crippen molar-refractivity contribution in [3.8, 4) is 0 Å². The van der Waals surface area contributed by atoms with Crippen molar-refractivity contribution in [1.29, 1.82) is 0 Å². The summed E-state index contributed by atoms with van der Waals surface area (Å²) in [5.74, 6) is 0.174. The molecule has 1 aliphatic carbocycles. The minimum Gasteiger partial charge on any atom is -0.352 e. The maximum atomic E-state index is 11.8. The standard InChI is InChI=1S/C17H33N3O/c1-15-8-5-6-12-20(15)13-7-11-18-14-17(21)19-16-9-3-2-4-10-16/h15-16,18H,2-14H2,1H3,(H,19,21). The van der Waals surface area contributed by atoms with Gasteiger partial charge in [0, 0.05) is 12.1 Å². The molecule has 0 aromatic carbocycles. The van der Waals surface area contributed by atoms with Crippen LogP contribution < -0.4 is 10.6 Å². The van der Waals surface area contributed by atoms with Crippen molar-refractivity contribution in [3.63, 3.8) is 0 Å². The highest BCUT2D eigenvalue weighted by atomic mass is 16.1. The second-order valence-electron chi connectivity index (χ2n) is 6.81. The summed E-state index contributed by atoms with van der Waals surface area (Å²) in [5.41, 5.74) is 0. The van der Waals surface area contributed by atoms with E-state index in [4.69, 9.17) is 0 Å². The average molecular weight is 295 g/mol.